The third kappa shape index (κ3) is 5.09. The van der Waals surface area contributed by atoms with Gasteiger partial charge in [0.15, 0.2) is 6.04 Å². The first-order valence-electron chi connectivity index (χ1n) is 11.3. The summed E-state index contributed by atoms with van der Waals surface area (Å²) in [6.45, 7) is 2.10. The number of benzene rings is 1. The van der Waals surface area contributed by atoms with Crippen LogP contribution >= 0.6 is 0 Å². The van der Waals surface area contributed by atoms with Crippen LogP contribution in [0.15, 0.2) is 46.2 Å². The van der Waals surface area contributed by atoms with Crippen LogP contribution in [0.25, 0.3) is 11.1 Å². The van der Waals surface area contributed by atoms with Crippen LogP contribution in [-0.2, 0) is 26.7 Å². The fourth-order valence-electron chi connectivity index (χ4n) is 4.33. The number of carbonyl (C=O) groups is 2. The fraction of sp³-hybridized carbons (Fsp3) is 0.435. The Morgan fingerprint density at radius 1 is 1.09 bits per heavy atom. The van der Waals surface area contributed by atoms with Crippen molar-refractivity contribution in [2.45, 2.75) is 29.8 Å². The van der Waals surface area contributed by atoms with Gasteiger partial charge in [-0.25, -0.2) is 8.42 Å². The van der Waals surface area contributed by atoms with Gasteiger partial charge in [-0.15, -0.1) is 0 Å². The van der Waals surface area contributed by atoms with Crippen molar-refractivity contribution < 1.29 is 22.7 Å². The van der Waals surface area contributed by atoms with Crippen LogP contribution in [0.3, 0.4) is 0 Å². The predicted molar refractivity (Wildman–Crippen MR) is 128 cm³/mol. The number of methoxy groups -OCH3 is 1. The monoisotopic (exact) mass is 503 g/mol. The van der Waals surface area contributed by atoms with Gasteiger partial charge in [0.1, 0.15) is 10.6 Å². The van der Waals surface area contributed by atoms with E-state index in [2.05, 4.69) is 9.62 Å². The smallest absolute Gasteiger partial charge is 0.258 e. The molecule has 1 saturated heterocycles. The second-order valence-electron chi connectivity index (χ2n) is 8.72. The highest BCUT2D eigenvalue weighted by molar-refractivity contribution is 7.89. The average molecular weight is 504 g/mol. The van der Waals surface area contributed by atoms with Gasteiger partial charge in [-0.2, -0.15) is 4.72 Å². The van der Waals surface area contributed by atoms with Gasteiger partial charge in [-0.3, -0.25) is 19.3 Å². The molecule has 0 unspecified atom stereocenters. The minimum absolute atomic E-state index is 0.0861. The predicted octanol–water partition coefficient (Wildman–Crippen LogP) is -0.500. The Balaban J connectivity index is 1.62. The third-order valence-corrected chi connectivity index (χ3v) is 7.83. The zero-order valence-electron chi connectivity index (χ0n) is 19.6. The van der Waals surface area contributed by atoms with Gasteiger partial charge >= 0.3 is 0 Å². The van der Waals surface area contributed by atoms with Crippen molar-refractivity contribution in [2.24, 2.45) is 12.8 Å². The van der Waals surface area contributed by atoms with Crippen LogP contribution in [0.1, 0.15) is 12.8 Å². The highest BCUT2D eigenvalue weighted by Gasteiger charge is 2.38. The maximum absolute atomic E-state index is 13.3. The molecule has 2 fully saturated rings. The second-order valence-corrected chi connectivity index (χ2v) is 10.4. The molecule has 2 aromatic rings. The number of aromatic nitrogens is 1. The molecule has 1 saturated carbocycles. The number of nitrogens with one attached hydrogen (secondary N) is 1. The van der Waals surface area contributed by atoms with Crippen molar-refractivity contribution in [1.29, 1.82) is 0 Å². The van der Waals surface area contributed by atoms with E-state index in [0.29, 0.717) is 32.2 Å². The molecule has 4 rings (SSSR count). The van der Waals surface area contributed by atoms with Crippen LogP contribution in [0.2, 0.25) is 0 Å². The summed E-state index contributed by atoms with van der Waals surface area (Å²) in [5.41, 5.74) is 5.60. The molecule has 2 amide bonds. The topological polar surface area (TPSA) is 144 Å². The lowest BCUT2D eigenvalue weighted by Crippen LogP contribution is -2.58. The number of nitrogens with zero attached hydrogens (tertiary/aromatic N) is 3. The molecular formula is C23H29N5O6S. The quantitative estimate of drug-likeness (QED) is 0.462. The summed E-state index contributed by atoms with van der Waals surface area (Å²) in [7, 11) is -1.58. The molecule has 0 radical (unpaired) electrons. The standard InChI is InChI=1S/C23H29N5O6S/c1-26-10-4-6-17(22(26)30)16-5-3-7-18(20(16)34-2)35(32,33)25-19(21(24)29)23(31)28-13-11-27(12-14-28)15-8-9-15/h3-7,10,15,19,25H,8-9,11-14H2,1-2H3,(H2,24,29)/t19-/m0/s1. The summed E-state index contributed by atoms with van der Waals surface area (Å²) in [5.74, 6) is -1.88. The molecule has 0 bridgehead atoms. The Bertz CT molecular complexity index is 1300. The zero-order chi connectivity index (χ0) is 25.3. The van der Waals surface area contributed by atoms with Gasteiger partial charge in [0.05, 0.1) is 12.7 Å². The molecule has 188 valence electrons. The first-order valence-corrected chi connectivity index (χ1v) is 12.8. The Hall–Kier alpha value is -3.22. The second kappa shape index (κ2) is 9.80. The summed E-state index contributed by atoms with van der Waals surface area (Å²) in [4.78, 5) is 41.3. The number of ether oxygens (including phenoxy) is 1. The number of para-hydroxylation sites is 1. The number of aryl methyl sites for hydroxylation is 1. The molecule has 2 heterocycles. The lowest BCUT2D eigenvalue weighted by atomic mass is 10.1. The van der Waals surface area contributed by atoms with Crippen molar-refractivity contribution in [1.82, 2.24) is 19.1 Å². The number of rotatable bonds is 8. The number of nitrogens with two attached hydrogens (primary N) is 1. The maximum atomic E-state index is 13.3. The van der Waals surface area contributed by atoms with E-state index in [1.54, 1.807) is 31.4 Å². The Labute approximate surface area is 203 Å². The van der Waals surface area contributed by atoms with Crippen molar-refractivity contribution >= 4 is 21.8 Å². The number of primary amides is 1. The van der Waals surface area contributed by atoms with Crippen molar-refractivity contribution in [3.8, 4) is 16.9 Å². The number of amides is 2. The van der Waals surface area contributed by atoms with Crippen LogP contribution in [-0.4, -0.2) is 80.0 Å². The number of piperazine rings is 1. The summed E-state index contributed by atoms with van der Waals surface area (Å²) in [6.07, 6.45) is 3.87. The number of pyridine rings is 1. The van der Waals surface area contributed by atoms with Crippen LogP contribution in [0.4, 0.5) is 0 Å². The van der Waals surface area contributed by atoms with E-state index in [1.807, 2.05) is 0 Å². The van der Waals surface area contributed by atoms with E-state index in [9.17, 15) is 22.8 Å². The molecule has 1 aromatic carbocycles. The van der Waals surface area contributed by atoms with Crippen molar-refractivity contribution in [2.75, 3.05) is 33.3 Å². The fourth-order valence-corrected chi connectivity index (χ4v) is 5.68. The Kier molecular flexibility index (Phi) is 6.97. The van der Waals surface area contributed by atoms with Crippen LogP contribution in [0, 0.1) is 0 Å². The number of carbonyl (C=O) groups excluding carboxylic acids is 2. The van der Waals surface area contributed by atoms with Gasteiger partial charge in [-0.05, 0) is 31.0 Å². The third-order valence-electron chi connectivity index (χ3n) is 6.38. The minimum atomic E-state index is -4.44. The van der Waals surface area contributed by atoms with E-state index in [-0.39, 0.29) is 27.3 Å². The largest absolute Gasteiger partial charge is 0.495 e. The van der Waals surface area contributed by atoms with Crippen molar-refractivity contribution in [3.05, 3.63) is 46.9 Å². The van der Waals surface area contributed by atoms with Crippen molar-refractivity contribution in [3.63, 3.8) is 0 Å². The number of hydrogen-bond donors (Lipinski definition) is 2. The molecule has 2 aliphatic rings. The van der Waals surface area contributed by atoms with E-state index in [1.165, 1.54) is 28.7 Å². The highest BCUT2D eigenvalue weighted by Crippen LogP contribution is 2.34. The van der Waals surface area contributed by atoms with Gasteiger partial charge in [0.2, 0.25) is 15.9 Å². The molecule has 1 aliphatic heterocycles. The summed E-state index contributed by atoms with van der Waals surface area (Å²) >= 11 is 0. The Morgan fingerprint density at radius 3 is 2.34 bits per heavy atom. The van der Waals surface area contributed by atoms with Gasteiger partial charge in [0, 0.05) is 51.0 Å². The van der Waals surface area contributed by atoms with Gasteiger partial charge in [0.25, 0.3) is 11.5 Å². The lowest BCUT2D eigenvalue weighted by molar-refractivity contribution is -0.139. The van der Waals surface area contributed by atoms with E-state index >= 15 is 0 Å². The molecule has 0 spiro atoms. The minimum Gasteiger partial charge on any atom is -0.495 e. The van der Waals surface area contributed by atoms with Crippen LogP contribution < -0.4 is 20.8 Å². The average Bonchev–Trinajstić information content (AvgIpc) is 3.69. The molecule has 3 N–H and O–H groups in total. The normalized spacial score (nSPS) is 17.7. The SMILES string of the molecule is COc1c(-c2cccn(C)c2=O)cccc1S(=O)(=O)N[C@@H](C(N)=O)C(=O)N1CCN(C2CC2)CC1. The highest BCUT2D eigenvalue weighted by atomic mass is 32.2. The van der Waals surface area contributed by atoms with E-state index in [4.69, 9.17) is 10.5 Å². The molecule has 12 heteroatoms. The Morgan fingerprint density at radius 2 is 1.74 bits per heavy atom. The van der Waals surface area contributed by atoms with Crippen LogP contribution in [0.5, 0.6) is 5.75 Å². The molecule has 35 heavy (non-hydrogen) atoms. The molecule has 1 aliphatic carbocycles. The molecule has 1 atom stereocenters. The van der Waals surface area contributed by atoms with E-state index < -0.39 is 27.9 Å². The number of hydrogen-bond acceptors (Lipinski definition) is 7. The molecule has 11 nitrogen and oxygen atoms in total. The summed E-state index contributed by atoms with van der Waals surface area (Å²) < 4.78 is 35.6. The lowest BCUT2D eigenvalue weighted by Gasteiger charge is -2.36. The first-order chi connectivity index (χ1) is 16.6. The van der Waals surface area contributed by atoms with Gasteiger partial charge in [-0.1, -0.05) is 12.1 Å². The molecular weight excluding hydrogens is 474 g/mol. The summed E-state index contributed by atoms with van der Waals surface area (Å²) in [5, 5.41) is 0. The number of sulfonamides is 1. The zero-order valence-corrected chi connectivity index (χ0v) is 20.5. The molecule has 1 aromatic heterocycles. The maximum Gasteiger partial charge on any atom is 0.258 e. The van der Waals surface area contributed by atoms with E-state index in [0.717, 1.165) is 12.8 Å². The summed E-state index contributed by atoms with van der Waals surface area (Å²) in [6, 6.07) is 6.28. The van der Waals surface area contributed by atoms with Gasteiger partial charge < -0.3 is 19.9 Å². The first kappa shape index (κ1) is 24.9.